The molecule has 2 aromatic heterocycles. The van der Waals surface area contributed by atoms with Gasteiger partial charge in [-0.05, 0) is 43.2 Å². The number of hydrogen-bond acceptors (Lipinski definition) is 4. The second kappa shape index (κ2) is 9.86. The van der Waals surface area contributed by atoms with Gasteiger partial charge in [-0.25, -0.2) is 16.1 Å². The number of fused-ring (bicyclic) bond motifs is 3. The minimum atomic E-state index is -3.20. The van der Waals surface area contributed by atoms with Crippen molar-refractivity contribution >= 4 is 23.2 Å². The van der Waals surface area contributed by atoms with Crippen molar-refractivity contribution in [3.63, 3.8) is 0 Å². The molecule has 0 N–H and O–H groups in total. The Morgan fingerprint density at radius 1 is 0.730 bits per heavy atom. The number of aryl methyl sites for hydroxylation is 3. The molecule has 37 heavy (non-hydrogen) atoms. The van der Waals surface area contributed by atoms with Gasteiger partial charge in [-0.15, -0.1) is 17.7 Å². The van der Waals surface area contributed by atoms with E-state index in [2.05, 4.69) is 35.1 Å². The summed E-state index contributed by atoms with van der Waals surface area (Å²) in [5.74, 6) is 1.07. The van der Waals surface area contributed by atoms with Crippen molar-refractivity contribution in [2.24, 2.45) is 0 Å². The van der Waals surface area contributed by atoms with E-state index in [1.165, 1.54) is 0 Å². The molecule has 6 rings (SSSR count). The minimum Gasteiger partial charge on any atom is -0.460 e. The molecule has 0 amide bonds. The van der Waals surface area contributed by atoms with Gasteiger partial charge in [0.1, 0.15) is 5.44 Å². The Kier molecular flexibility index (Phi) is 6.75. The van der Waals surface area contributed by atoms with E-state index in [1.807, 2.05) is 80.6 Å². The molecule has 1 aliphatic rings. The summed E-state index contributed by atoms with van der Waals surface area (Å²) in [6.45, 7) is 6.06. The van der Waals surface area contributed by atoms with Crippen LogP contribution in [0, 0.1) is 32.9 Å². The second-order valence-electron chi connectivity index (χ2n) is 9.16. The van der Waals surface area contributed by atoms with E-state index >= 15 is 0 Å². The molecule has 0 bridgehead atoms. The predicted molar refractivity (Wildman–Crippen MR) is 144 cm³/mol. The maximum Gasteiger partial charge on any atom is 2.00 e. The predicted octanol–water partition coefficient (Wildman–Crippen LogP) is 6.08. The summed E-state index contributed by atoms with van der Waals surface area (Å²) in [4.78, 5) is 8.82. The molecule has 0 radical (unpaired) electrons. The van der Waals surface area contributed by atoms with Crippen LogP contribution in [0.5, 0.6) is 11.6 Å². The number of aromatic nitrogens is 2. The Morgan fingerprint density at radius 3 is 2.35 bits per heavy atom. The van der Waals surface area contributed by atoms with Crippen molar-refractivity contribution in [3.8, 4) is 33.9 Å². The fourth-order valence-electron chi connectivity index (χ4n) is 4.70. The molecule has 3 aromatic carbocycles. The Morgan fingerprint density at radius 2 is 1.57 bits per heavy atom. The first-order chi connectivity index (χ1) is 17.4. The summed E-state index contributed by atoms with van der Waals surface area (Å²) in [6.07, 6.45) is 3.42. The molecule has 1 unspecified atom stereocenters. The van der Waals surface area contributed by atoms with E-state index in [1.54, 1.807) is 12.4 Å². The van der Waals surface area contributed by atoms with E-state index in [0.29, 0.717) is 22.4 Å². The number of ether oxygens (including phenoxy) is 1. The molecule has 3 heterocycles. The number of pyridine rings is 2. The van der Waals surface area contributed by atoms with Gasteiger partial charge in [-0.2, -0.15) is 18.2 Å². The zero-order valence-corrected chi connectivity index (χ0v) is 23.7. The molecule has 1 aliphatic heterocycles. The molecule has 0 saturated heterocycles. The van der Waals surface area contributed by atoms with Gasteiger partial charge in [0.25, 0.3) is 0 Å². The molecular weight excluding hydrogens is 658 g/mol. The van der Waals surface area contributed by atoms with Gasteiger partial charge in [0.05, 0.1) is 0 Å². The number of hydrogen-bond donors (Lipinski definition) is 0. The van der Waals surface area contributed by atoms with Crippen LogP contribution < -0.4 is 20.8 Å². The van der Waals surface area contributed by atoms with Crippen LogP contribution in [-0.4, -0.2) is 9.97 Å². The standard InChI is InChI=1S/C31H23N2O2P.Pt/c1-20-7-10-28-27(16-20)26-9-8-23(19-29(26)36(28,34)31-17-21(2)11-13-33-31)24-14-22(3)15-25(18-24)35-30-6-4-5-12-32-30;/h4-17H,1-3H3;/q-2;+2. The van der Waals surface area contributed by atoms with Gasteiger partial charge in [0.15, 0.2) is 7.14 Å². The van der Waals surface area contributed by atoms with Crippen LogP contribution in [0.1, 0.15) is 16.7 Å². The van der Waals surface area contributed by atoms with E-state index in [9.17, 15) is 4.57 Å². The first kappa shape index (κ1) is 25.3. The summed E-state index contributed by atoms with van der Waals surface area (Å²) in [7, 11) is -3.20. The molecule has 0 aliphatic carbocycles. The number of nitrogens with zero attached hydrogens (tertiary/aromatic N) is 2. The van der Waals surface area contributed by atoms with Crippen LogP contribution in [0.3, 0.4) is 0 Å². The van der Waals surface area contributed by atoms with Crippen LogP contribution in [0.25, 0.3) is 22.3 Å². The summed E-state index contributed by atoms with van der Waals surface area (Å²) in [6, 6.07) is 30.4. The molecule has 6 heteroatoms. The van der Waals surface area contributed by atoms with E-state index in [-0.39, 0.29) is 21.1 Å². The third kappa shape index (κ3) is 4.50. The summed E-state index contributed by atoms with van der Waals surface area (Å²) in [5.41, 5.74) is 7.32. The molecular formula is C31H23N2O2PPt. The maximum absolute atomic E-state index is 14.9. The minimum absolute atomic E-state index is 0. The maximum atomic E-state index is 14.9. The zero-order chi connectivity index (χ0) is 24.9. The van der Waals surface area contributed by atoms with Crippen LogP contribution >= 0.6 is 7.14 Å². The van der Waals surface area contributed by atoms with Gasteiger partial charge in [-0.1, -0.05) is 53.7 Å². The summed E-state index contributed by atoms with van der Waals surface area (Å²) < 4.78 is 20.9. The van der Waals surface area contributed by atoms with Crippen molar-refractivity contribution in [2.75, 3.05) is 0 Å². The largest absolute Gasteiger partial charge is 2.00 e. The van der Waals surface area contributed by atoms with Gasteiger partial charge < -0.3 is 9.30 Å². The number of rotatable bonds is 4. The van der Waals surface area contributed by atoms with Crippen LogP contribution in [0.15, 0.2) is 85.2 Å². The van der Waals surface area contributed by atoms with Gasteiger partial charge in [0, 0.05) is 29.5 Å². The van der Waals surface area contributed by atoms with Crippen LogP contribution in [0.4, 0.5) is 0 Å². The zero-order valence-electron chi connectivity index (χ0n) is 20.6. The first-order valence-electron chi connectivity index (χ1n) is 11.8. The summed E-state index contributed by atoms with van der Waals surface area (Å²) >= 11 is 0. The van der Waals surface area contributed by atoms with Gasteiger partial charge in [0.2, 0.25) is 5.88 Å². The fourth-order valence-corrected chi connectivity index (χ4v) is 7.65. The topological polar surface area (TPSA) is 52.1 Å². The molecule has 4 nitrogen and oxygen atoms in total. The quantitative estimate of drug-likeness (QED) is 0.167. The third-order valence-electron chi connectivity index (χ3n) is 6.38. The normalized spacial score (nSPS) is 15.4. The van der Waals surface area contributed by atoms with Crippen molar-refractivity contribution in [1.82, 2.24) is 9.97 Å². The van der Waals surface area contributed by atoms with Gasteiger partial charge in [-0.3, -0.25) is 4.98 Å². The summed E-state index contributed by atoms with van der Waals surface area (Å²) in [5, 5.41) is 1.52. The molecule has 0 fully saturated rings. The van der Waals surface area contributed by atoms with E-state index in [0.717, 1.165) is 44.2 Å². The third-order valence-corrected chi connectivity index (χ3v) is 9.32. The molecule has 184 valence electrons. The average Bonchev–Trinajstić information content (AvgIpc) is 3.12. The Bertz CT molecular complexity index is 1680. The number of benzene rings is 3. The van der Waals surface area contributed by atoms with Crippen molar-refractivity contribution in [2.45, 2.75) is 20.8 Å². The molecule has 5 aromatic rings. The van der Waals surface area contributed by atoms with E-state index in [4.69, 9.17) is 4.74 Å². The SMILES string of the molecule is Cc1cc(Oc2ccccn2)[c-]c(-c2[c-]c3c(cc2)-c2cc(C)ccc2P3(=O)c2cc(C)ccn2)c1.[Pt+2]. The van der Waals surface area contributed by atoms with Gasteiger partial charge >= 0.3 is 21.1 Å². The van der Waals surface area contributed by atoms with Crippen molar-refractivity contribution < 1.29 is 30.4 Å². The fraction of sp³-hybridized carbons (Fsp3) is 0.0968. The van der Waals surface area contributed by atoms with Crippen molar-refractivity contribution in [1.29, 1.82) is 0 Å². The Balaban J connectivity index is 0.00000280. The Hall–Kier alpha value is -3.32. The molecule has 0 saturated carbocycles. The average molecular weight is 682 g/mol. The second-order valence-corrected chi connectivity index (χ2v) is 11.8. The Labute approximate surface area is 231 Å². The van der Waals surface area contributed by atoms with Crippen molar-refractivity contribution in [3.05, 3.63) is 114 Å². The molecule has 1 atom stereocenters. The van der Waals surface area contributed by atoms with Crippen LogP contribution in [-0.2, 0) is 25.6 Å². The smallest absolute Gasteiger partial charge is 0.460 e. The monoisotopic (exact) mass is 681 g/mol. The van der Waals surface area contributed by atoms with E-state index < -0.39 is 7.14 Å². The molecule has 0 spiro atoms. The first-order valence-corrected chi connectivity index (χ1v) is 13.5. The van der Waals surface area contributed by atoms with Crippen LogP contribution in [0.2, 0.25) is 0 Å².